The van der Waals surface area contributed by atoms with Crippen LogP contribution in [0.2, 0.25) is 0 Å². The summed E-state index contributed by atoms with van der Waals surface area (Å²) in [6.07, 6.45) is 3.91. The van der Waals surface area contributed by atoms with E-state index in [4.69, 9.17) is 4.74 Å². The summed E-state index contributed by atoms with van der Waals surface area (Å²) in [6.45, 7) is 5.34. The molecule has 0 N–H and O–H groups in total. The standard InChI is InChI=1S/C21H29N3O3/c25-20(17-5-2-1-3-6-17)23-13-11-22(12-14-23)19-7-4-10-24(21(19)26)18-8-15-27-16-9-18/h1-3,5-6,18-19H,4,7-16H2/t19-/m0/s1. The van der Waals surface area contributed by atoms with Crippen LogP contribution < -0.4 is 0 Å². The van der Waals surface area contributed by atoms with Crippen molar-refractivity contribution >= 4 is 11.8 Å². The number of nitrogens with zero attached hydrogens (tertiary/aromatic N) is 3. The number of hydrogen-bond acceptors (Lipinski definition) is 4. The third kappa shape index (κ3) is 4.01. The Bertz CT molecular complexity index is 652. The molecule has 0 spiro atoms. The highest BCUT2D eigenvalue weighted by Crippen LogP contribution is 2.24. The number of benzene rings is 1. The van der Waals surface area contributed by atoms with E-state index in [9.17, 15) is 9.59 Å². The Hall–Kier alpha value is -1.92. The average molecular weight is 371 g/mol. The van der Waals surface area contributed by atoms with E-state index in [0.717, 1.165) is 64.1 Å². The van der Waals surface area contributed by atoms with Crippen molar-refractivity contribution in [2.24, 2.45) is 0 Å². The SMILES string of the molecule is O=C(c1ccccc1)N1CCN([C@H]2CCCN(C3CCOCC3)C2=O)CC1. The summed E-state index contributed by atoms with van der Waals surface area (Å²) in [6, 6.07) is 9.78. The second kappa shape index (κ2) is 8.40. The maximum atomic E-state index is 13.1. The van der Waals surface area contributed by atoms with Gasteiger partial charge in [-0.05, 0) is 37.8 Å². The number of carbonyl (C=O) groups is 2. The number of hydrogen-bond donors (Lipinski definition) is 0. The monoisotopic (exact) mass is 371 g/mol. The molecule has 6 nitrogen and oxygen atoms in total. The summed E-state index contributed by atoms with van der Waals surface area (Å²) in [4.78, 5) is 32.1. The molecule has 4 rings (SSSR count). The maximum Gasteiger partial charge on any atom is 0.253 e. The highest BCUT2D eigenvalue weighted by atomic mass is 16.5. The van der Waals surface area contributed by atoms with Gasteiger partial charge in [0.1, 0.15) is 0 Å². The van der Waals surface area contributed by atoms with Gasteiger partial charge in [0.2, 0.25) is 5.91 Å². The molecular weight excluding hydrogens is 342 g/mol. The zero-order chi connectivity index (χ0) is 18.6. The fraction of sp³-hybridized carbons (Fsp3) is 0.619. The number of ether oxygens (including phenoxy) is 1. The molecule has 146 valence electrons. The van der Waals surface area contributed by atoms with E-state index >= 15 is 0 Å². The number of amides is 2. The minimum Gasteiger partial charge on any atom is -0.381 e. The summed E-state index contributed by atoms with van der Waals surface area (Å²) in [5.41, 5.74) is 0.741. The predicted molar refractivity (Wildman–Crippen MR) is 102 cm³/mol. The zero-order valence-electron chi connectivity index (χ0n) is 15.9. The molecular formula is C21H29N3O3. The van der Waals surface area contributed by atoms with E-state index in [-0.39, 0.29) is 17.9 Å². The molecule has 27 heavy (non-hydrogen) atoms. The van der Waals surface area contributed by atoms with Crippen LogP contribution in [0.3, 0.4) is 0 Å². The molecule has 6 heteroatoms. The van der Waals surface area contributed by atoms with Gasteiger partial charge in [0.05, 0.1) is 6.04 Å². The van der Waals surface area contributed by atoms with Crippen molar-refractivity contribution in [3.63, 3.8) is 0 Å². The van der Waals surface area contributed by atoms with Gasteiger partial charge in [0, 0.05) is 57.5 Å². The number of likely N-dealkylation sites (tertiary alicyclic amines) is 1. The Morgan fingerprint density at radius 1 is 0.926 bits per heavy atom. The van der Waals surface area contributed by atoms with Gasteiger partial charge in [-0.15, -0.1) is 0 Å². The second-order valence-corrected chi connectivity index (χ2v) is 7.73. The number of piperazine rings is 1. The minimum absolute atomic E-state index is 0.0180. The lowest BCUT2D eigenvalue weighted by Crippen LogP contribution is -2.60. The van der Waals surface area contributed by atoms with Crippen LogP contribution in [0.4, 0.5) is 0 Å². The molecule has 2 amide bonds. The quantitative estimate of drug-likeness (QED) is 0.810. The number of carbonyl (C=O) groups excluding carboxylic acids is 2. The molecule has 1 aromatic rings. The van der Waals surface area contributed by atoms with Gasteiger partial charge in [-0.2, -0.15) is 0 Å². The van der Waals surface area contributed by atoms with Crippen molar-refractivity contribution < 1.29 is 14.3 Å². The van der Waals surface area contributed by atoms with Gasteiger partial charge in [-0.3, -0.25) is 14.5 Å². The van der Waals surface area contributed by atoms with Gasteiger partial charge >= 0.3 is 0 Å². The first-order valence-electron chi connectivity index (χ1n) is 10.2. The predicted octanol–water partition coefficient (Wildman–Crippen LogP) is 1.61. The van der Waals surface area contributed by atoms with E-state index in [1.165, 1.54) is 0 Å². The third-order valence-electron chi connectivity index (χ3n) is 6.14. The number of rotatable bonds is 3. The highest BCUT2D eigenvalue weighted by molar-refractivity contribution is 5.94. The van der Waals surface area contributed by atoms with Crippen molar-refractivity contribution in [3.8, 4) is 0 Å². The van der Waals surface area contributed by atoms with Crippen LogP contribution in [0.1, 0.15) is 36.0 Å². The summed E-state index contributed by atoms with van der Waals surface area (Å²) >= 11 is 0. The zero-order valence-corrected chi connectivity index (χ0v) is 15.9. The van der Waals surface area contributed by atoms with Crippen LogP contribution >= 0.6 is 0 Å². The second-order valence-electron chi connectivity index (χ2n) is 7.73. The van der Waals surface area contributed by atoms with E-state index in [1.807, 2.05) is 35.2 Å². The minimum atomic E-state index is -0.0180. The van der Waals surface area contributed by atoms with Gasteiger partial charge < -0.3 is 14.5 Å². The Morgan fingerprint density at radius 3 is 2.33 bits per heavy atom. The Balaban J connectivity index is 1.34. The van der Waals surface area contributed by atoms with Gasteiger partial charge in [0.25, 0.3) is 5.91 Å². The fourth-order valence-corrected chi connectivity index (χ4v) is 4.58. The van der Waals surface area contributed by atoms with Crippen LogP contribution in [0.15, 0.2) is 30.3 Å². The summed E-state index contributed by atoms with van der Waals surface area (Å²) in [5, 5.41) is 0. The smallest absolute Gasteiger partial charge is 0.253 e. The molecule has 0 bridgehead atoms. The molecule has 0 saturated carbocycles. The highest BCUT2D eigenvalue weighted by Gasteiger charge is 2.38. The van der Waals surface area contributed by atoms with Crippen LogP contribution in [0, 0.1) is 0 Å². The van der Waals surface area contributed by atoms with E-state index < -0.39 is 0 Å². The first-order valence-corrected chi connectivity index (χ1v) is 10.2. The fourth-order valence-electron chi connectivity index (χ4n) is 4.58. The molecule has 0 aliphatic carbocycles. The lowest BCUT2D eigenvalue weighted by molar-refractivity contribution is -0.145. The Kier molecular flexibility index (Phi) is 5.74. The van der Waals surface area contributed by atoms with Crippen LogP contribution in [0.25, 0.3) is 0 Å². The van der Waals surface area contributed by atoms with E-state index in [2.05, 4.69) is 9.80 Å². The lowest BCUT2D eigenvalue weighted by Gasteiger charge is -2.45. The van der Waals surface area contributed by atoms with E-state index in [1.54, 1.807) is 0 Å². The largest absolute Gasteiger partial charge is 0.381 e. The van der Waals surface area contributed by atoms with Gasteiger partial charge in [0.15, 0.2) is 0 Å². The Labute approximate surface area is 161 Å². The van der Waals surface area contributed by atoms with Gasteiger partial charge in [-0.25, -0.2) is 0 Å². The molecule has 3 aliphatic heterocycles. The Morgan fingerprint density at radius 2 is 1.63 bits per heavy atom. The maximum absolute atomic E-state index is 13.1. The first kappa shape index (κ1) is 18.4. The van der Waals surface area contributed by atoms with Crippen LogP contribution in [0.5, 0.6) is 0 Å². The van der Waals surface area contributed by atoms with Crippen molar-refractivity contribution in [3.05, 3.63) is 35.9 Å². The molecule has 1 atom stereocenters. The lowest BCUT2D eigenvalue weighted by atomic mass is 9.97. The van der Waals surface area contributed by atoms with Crippen molar-refractivity contribution in [1.82, 2.24) is 14.7 Å². The molecule has 1 aromatic carbocycles. The summed E-state index contributed by atoms with van der Waals surface area (Å²) in [7, 11) is 0. The molecule has 0 aromatic heterocycles. The molecule has 0 unspecified atom stereocenters. The molecule has 3 fully saturated rings. The molecule has 0 radical (unpaired) electrons. The molecule has 3 saturated heterocycles. The van der Waals surface area contributed by atoms with Crippen LogP contribution in [-0.4, -0.2) is 84.5 Å². The molecule has 3 heterocycles. The van der Waals surface area contributed by atoms with Crippen molar-refractivity contribution in [2.75, 3.05) is 45.9 Å². The van der Waals surface area contributed by atoms with Gasteiger partial charge in [-0.1, -0.05) is 18.2 Å². The van der Waals surface area contributed by atoms with Crippen molar-refractivity contribution in [1.29, 1.82) is 0 Å². The summed E-state index contributed by atoms with van der Waals surface area (Å²) < 4.78 is 5.45. The number of piperidine rings is 1. The average Bonchev–Trinajstić information content (AvgIpc) is 2.75. The third-order valence-corrected chi connectivity index (χ3v) is 6.14. The van der Waals surface area contributed by atoms with Crippen LogP contribution in [-0.2, 0) is 9.53 Å². The molecule has 3 aliphatic rings. The first-order chi connectivity index (χ1) is 13.2. The van der Waals surface area contributed by atoms with E-state index in [0.29, 0.717) is 19.1 Å². The van der Waals surface area contributed by atoms with Crippen molar-refractivity contribution in [2.45, 2.75) is 37.8 Å². The normalized spacial score (nSPS) is 25.6. The topological polar surface area (TPSA) is 53.1 Å². The summed E-state index contributed by atoms with van der Waals surface area (Å²) in [5.74, 6) is 0.380.